The molecule has 0 saturated heterocycles. The molecule has 0 heterocycles. The first kappa shape index (κ1) is 11.4. The van der Waals surface area contributed by atoms with Gasteiger partial charge in [0.25, 0.3) is 0 Å². The Balaban J connectivity index is 2.65. The molecular formula is C11H17N3O. The van der Waals surface area contributed by atoms with Crippen LogP contribution in [0, 0.1) is 6.92 Å². The average molecular weight is 207 g/mol. The van der Waals surface area contributed by atoms with Crippen molar-refractivity contribution in [3.05, 3.63) is 23.8 Å². The van der Waals surface area contributed by atoms with Gasteiger partial charge in [-0.05, 0) is 24.6 Å². The van der Waals surface area contributed by atoms with Crippen LogP contribution in [0.1, 0.15) is 5.56 Å². The number of nitrogens with two attached hydrogens (primary N) is 1. The fourth-order valence-electron chi connectivity index (χ4n) is 1.15. The average Bonchev–Trinajstić information content (AvgIpc) is 2.18. The summed E-state index contributed by atoms with van der Waals surface area (Å²) in [5.74, 6) is 0.0240. The van der Waals surface area contributed by atoms with Gasteiger partial charge in [0, 0.05) is 14.1 Å². The Kier molecular flexibility index (Phi) is 3.55. The van der Waals surface area contributed by atoms with Gasteiger partial charge in [0.05, 0.1) is 17.9 Å². The molecule has 4 nitrogen and oxygen atoms in total. The lowest BCUT2D eigenvalue weighted by Gasteiger charge is -2.13. The largest absolute Gasteiger partial charge is 0.397 e. The fraction of sp³-hybridized carbons (Fsp3) is 0.364. The molecule has 0 fully saturated rings. The van der Waals surface area contributed by atoms with E-state index in [1.54, 1.807) is 19.0 Å². The highest BCUT2D eigenvalue weighted by Crippen LogP contribution is 2.18. The zero-order chi connectivity index (χ0) is 11.4. The molecule has 82 valence electrons. The number of likely N-dealkylation sites (N-methyl/N-ethyl adjacent to an activating group) is 1. The third-order valence-electron chi connectivity index (χ3n) is 2.14. The van der Waals surface area contributed by atoms with Crippen LogP contribution in [-0.4, -0.2) is 31.4 Å². The lowest BCUT2D eigenvalue weighted by atomic mass is 10.2. The van der Waals surface area contributed by atoms with Crippen LogP contribution in [0.15, 0.2) is 18.2 Å². The number of nitrogens with one attached hydrogen (secondary N) is 1. The minimum absolute atomic E-state index is 0.0240. The Bertz CT molecular complexity index is 361. The molecular weight excluding hydrogens is 190 g/mol. The Morgan fingerprint density at radius 2 is 2.13 bits per heavy atom. The molecule has 0 aliphatic rings. The Morgan fingerprint density at radius 3 is 2.73 bits per heavy atom. The molecule has 15 heavy (non-hydrogen) atoms. The van der Waals surface area contributed by atoms with Crippen LogP contribution >= 0.6 is 0 Å². The van der Waals surface area contributed by atoms with E-state index in [1.165, 1.54) is 0 Å². The van der Waals surface area contributed by atoms with E-state index in [4.69, 9.17) is 5.73 Å². The van der Waals surface area contributed by atoms with E-state index >= 15 is 0 Å². The molecule has 0 unspecified atom stereocenters. The molecule has 1 amide bonds. The lowest BCUT2D eigenvalue weighted by Crippen LogP contribution is -2.28. The summed E-state index contributed by atoms with van der Waals surface area (Å²) in [6.07, 6.45) is 0. The van der Waals surface area contributed by atoms with Gasteiger partial charge in [-0.3, -0.25) is 4.79 Å². The minimum Gasteiger partial charge on any atom is -0.397 e. The molecule has 0 bridgehead atoms. The zero-order valence-corrected chi connectivity index (χ0v) is 9.37. The van der Waals surface area contributed by atoms with Crippen molar-refractivity contribution < 1.29 is 4.79 Å². The van der Waals surface area contributed by atoms with Crippen LogP contribution in [0.5, 0.6) is 0 Å². The zero-order valence-electron chi connectivity index (χ0n) is 9.37. The predicted octanol–water partition coefficient (Wildman–Crippen LogP) is 1.08. The summed E-state index contributed by atoms with van der Waals surface area (Å²) in [6, 6.07) is 5.70. The smallest absolute Gasteiger partial charge is 0.241 e. The monoisotopic (exact) mass is 207 g/mol. The van der Waals surface area contributed by atoms with Crippen LogP contribution in [0.3, 0.4) is 0 Å². The number of aryl methyl sites for hydroxylation is 1. The summed E-state index contributed by atoms with van der Waals surface area (Å²) >= 11 is 0. The molecule has 3 N–H and O–H groups in total. The molecule has 0 aliphatic carbocycles. The quantitative estimate of drug-likeness (QED) is 0.729. The Labute approximate surface area is 90.1 Å². The molecule has 0 aromatic heterocycles. The normalized spacial score (nSPS) is 9.80. The first-order chi connectivity index (χ1) is 7.00. The van der Waals surface area contributed by atoms with Crippen molar-refractivity contribution in [3.8, 4) is 0 Å². The van der Waals surface area contributed by atoms with Crippen LogP contribution in [0.2, 0.25) is 0 Å². The standard InChI is InChI=1S/C11H17N3O/c1-8-4-5-9(12)10(6-8)13-7-11(15)14(2)3/h4-6,13H,7,12H2,1-3H3. The van der Waals surface area contributed by atoms with E-state index in [0.717, 1.165) is 11.3 Å². The molecule has 4 heteroatoms. The van der Waals surface area contributed by atoms with Gasteiger partial charge in [-0.2, -0.15) is 0 Å². The van der Waals surface area contributed by atoms with Gasteiger partial charge in [0.1, 0.15) is 0 Å². The lowest BCUT2D eigenvalue weighted by molar-refractivity contribution is -0.126. The summed E-state index contributed by atoms with van der Waals surface area (Å²) in [5, 5.41) is 3.02. The summed E-state index contributed by atoms with van der Waals surface area (Å²) < 4.78 is 0. The second-order valence-corrected chi connectivity index (χ2v) is 3.73. The van der Waals surface area contributed by atoms with Crippen LogP contribution in [0.4, 0.5) is 11.4 Å². The van der Waals surface area contributed by atoms with Crippen LogP contribution < -0.4 is 11.1 Å². The number of nitrogens with zero attached hydrogens (tertiary/aromatic N) is 1. The van der Waals surface area contributed by atoms with Gasteiger partial charge in [-0.25, -0.2) is 0 Å². The topological polar surface area (TPSA) is 58.4 Å². The van der Waals surface area contributed by atoms with Crippen molar-refractivity contribution in [3.63, 3.8) is 0 Å². The van der Waals surface area contributed by atoms with E-state index in [0.29, 0.717) is 5.69 Å². The summed E-state index contributed by atoms with van der Waals surface area (Å²) in [6.45, 7) is 2.25. The Hall–Kier alpha value is -1.71. The Morgan fingerprint density at radius 1 is 1.47 bits per heavy atom. The second kappa shape index (κ2) is 4.68. The number of amides is 1. The van der Waals surface area contributed by atoms with E-state index in [9.17, 15) is 4.79 Å². The van der Waals surface area contributed by atoms with Crippen molar-refractivity contribution >= 4 is 17.3 Å². The third-order valence-corrected chi connectivity index (χ3v) is 2.14. The maximum Gasteiger partial charge on any atom is 0.241 e. The predicted molar refractivity (Wildman–Crippen MR) is 62.8 cm³/mol. The first-order valence-electron chi connectivity index (χ1n) is 4.81. The highest BCUT2D eigenvalue weighted by molar-refractivity contribution is 5.81. The molecule has 1 aromatic carbocycles. The van der Waals surface area contributed by atoms with Crippen molar-refractivity contribution in [2.75, 3.05) is 31.7 Å². The van der Waals surface area contributed by atoms with Gasteiger partial charge >= 0.3 is 0 Å². The van der Waals surface area contributed by atoms with E-state index in [2.05, 4.69) is 5.32 Å². The first-order valence-corrected chi connectivity index (χ1v) is 4.81. The summed E-state index contributed by atoms with van der Waals surface area (Å²) in [4.78, 5) is 12.9. The van der Waals surface area contributed by atoms with E-state index in [1.807, 2.05) is 25.1 Å². The molecule has 0 radical (unpaired) electrons. The van der Waals surface area contributed by atoms with Gasteiger partial charge in [0.2, 0.25) is 5.91 Å². The maximum absolute atomic E-state index is 11.3. The highest BCUT2D eigenvalue weighted by Gasteiger charge is 2.04. The third kappa shape index (κ3) is 3.16. The summed E-state index contributed by atoms with van der Waals surface area (Å²) in [5.41, 5.74) is 8.35. The molecule has 0 atom stereocenters. The second-order valence-electron chi connectivity index (χ2n) is 3.73. The van der Waals surface area contributed by atoms with E-state index in [-0.39, 0.29) is 12.5 Å². The van der Waals surface area contributed by atoms with Crippen molar-refractivity contribution in [2.45, 2.75) is 6.92 Å². The molecule has 1 aromatic rings. The number of hydrogen-bond acceptors (Lipinski definition) is 3. The molecule has 0 saturated carbocycles. The van der Waals surface area contributed by atoms with Crippen LogP contribution in [-0.2, 0) is 4.79 Å². The van der Waals surface area contributed by atoms with Gasteiger partial charge in [0.15, 0.2) is 0 Å². The number of carbonyl (C=O) groups excluding carboxylic acids is 1. The van der Waals surface area contributed by atoms with Crippen LogP contribution in [0.25, 0.3) is 0 Å². The van der Waals surface area contributed by atoms with Gasteiger partial charge < -0.3 is 16.0 Å². The fourth-order valence-corrected chi connectivity index (χ4v) is 1.15. The minimum atomic E-state index is 0.0240. The summed E-state index contributed by atoms with van der Waals surface area (Å²) in [7, 11) is 3.45. The number of hydrogen-bond donors (Lipinski definition) is 2. The number of nitrogen functional groups attached to an aromatic ring is 1. The number of benzene rings is 1. The van der Waals surface area contributed by atoms with E-state index < -0.39 is 0 Å². The SMILES string of the molecule is Cc1ccc(N)c(NCC(=O)N(C)C)c1. The van der Waals surface area contributed by atoms with Crippen molar-refractivity contribution in [1.82, 2.24) is 4.90 Å². The molecule has 1 rings (SSSR count). The highest BCUT2D eigenvalue weighted by atomic mass is 16.2. The van der Waals surface area contributed by atoms with Crippen molar-refractivity contribution in [2.24, 2.45) is 0 Å². The molecule has 0 aliphatic heterocycles. The number of anilines is 2. The molecule has 0 spiro atoms. The maximum atomic E-state index is 11.3. The van der Waals surface area contributed by atoms with Gasteiger partial charge in [-0.15, -0.1) is 0 Å². The number of carbonyl (C=O) groups is 1. The van der Waals surface area contributed by atoms with Gasteiger partial charge in [-0.1, -0.05) is 6.07 Å². The number of rotatable bonds is 3. The van der Waals surface area contributed by atoms with Crippen molar-refractivity contribution in [1.29, 1.82) is 0 Å².